The van der Waals surface area contributed by atoms with E-state index in [1.54, 1.807) is 6.07 Å². The van der Waals surface area contributed by atoms with Crippen molar-refractivity contribution >= 4 is 21.6 Å². The largest absolute Gasteiger partial charge is 0.495 e. The van der Waals surface area contributed by atoms with Crippen molar-refractivity contribution in [2.24, 2.45) is 5.41 Å². The molecule has 1 aliphatic heterocycles. The summed E-state index contributed by atoms with van der Waals surface area (Å²) in [6.07, 6.45) is 1.90. The molecule has 0 aromatic heterocycles. The summed E-state index contributed by atoms with van der Waals surface area (Å²) in [5.41, 5.74) is -0.0159. The van der Waals surface area contributed by atoms with Crippen molar-refractivity contribution in [2.75, 3.05) is 26.7 Å². The molecule has 0 atom stereocenters. The Kier molecular flexibility index (Phi) is 5.14. The molecule has 0 amide bonds. The first-order chi connectivity index (χ1) is 9.86. The van der Waals surface area contributed by atoms with Gasteiger partial charge in [0.05, 0.1) is 7.11 Å². The predicted octanol–water partition coefficient (Wildman–Crippen LogP) is 2.02. The van der Waals surface area contributed by atoms with Crippen LogP contribution in [-0.2, 0) is 10.0 Å². The van der Waals surface area contributed by atoms with Gasteiger partial charge in [0.2, 0.25) is 10.0 Å². The molecule has 5 nitrogen and oxygen atoms in total. The van der Waals surface area contributed by atoms with E-state index in [0.717, 1.165) is 25.9 Å². The number of hydrogen-bond donors (Lipinski definition) is 2. The second-order valence-corrected chi connectivity index (χ2v) is 7.85. The van der Waals surface area contributed by atoms with E-state index in [1.165, 1.54) is 19.2 Å². The van der Waals surface area contributed by atoms with Gasteiger partial charge in [0.15, 0.2) is 0 Å². The van der Waals surface area contributed by atoms with E-state index in [0.29, 0.717) is 11.6 Å². The number of hydrogen-bond acceptors (Lipinski definition) is 4. The molecule has 1 heterocycles. The molecule has 2 N–H and O–H groups in total. The van der Waals surface area contributed by atoms with Crippen LogP contribution in [0.2, 0.25) is 5.02 Å². The highest BCUT2D eigenvalue weighted by atomic mass is 35.5. The minimum Gasteiger partial charge on any atom is -0.495 e. The van der Waals surface area contributed by atoms with Gasteiger partial charge in [-0.3, -0.25) is 0 Å². The maximum absolute atomic E-state index is 12.5. The molecule has 21 heavy (non-hydrogen) atoms. The molecule has 1 fully saturated rings. The monoisotopic (exact) mass is 332 g/mol. The van der Waals surface area contributed by atoms with Gasteiger partial charge in [0, 0.05) is 17.6 Å². The first kappa shape index (κ1) is 16.5. The maximum atomic E-state index is 12.5. The van der Waals surface area contributed by atoms with Crippen LogP contribution < -0.4 is 14.8 Å². The Morgan fingerprint density at radius 3 is 2.67 bits per heavy atom. The standard InChI is InChI=1S/C14H21ClN2O3S/c1-14(5-7-16-8-6-14)10-17-21(18,19)13-4-3-11(15)9-12(13)20-2/h3-4,9,16-17H,5-8,10H2,1-2H3. The van der Waals surface area contributed by atoms with Crippen LogP contribution in [0.5, 0.6) is 5.75 Å². The van der Waals surface area contributed by atoms with Gasteiger partial charge in [-0.1, -0.05) is 18.5 Å². The van der Waals surface area contributed by atoms with Gasteiger partial charge in [-0.05, 0) is 43.5 Å². The number of piperidine rings is 1. The number of nitrogens with one attached hydrogen (secondary N) is 2. The first-order valence-corrected chi connectivity index (χ1v) is 8.76. The molecule has 0 unspecified atom stereocenters. The van der Waals surface area contributed by atoms with Crippen molar-refractivity contribution in [3.05, 3.63) is 23.2 Å². The van der Waals surface area contributed by atoms with Crippen LogP contribution in [0.4, 0.5) is 0 Å². The molecule has 1 aromatic rings. The molecular weight excluding hydrogens is 312 g/mol. The summed E-state index contributed by atoms with van der Waals surface area (Å²) in [6.45, 7) is 4.36. The zero-order valence-electron chi connectivity index (χ0n) is 12.3. The summed E-state index contributed by atoms with van der Waals surface area (Å²) in [6, 6.07) is 4.52. The van der Waals surface area contributed by atoms with E-state index in [1.807, 2.05) is 0 Å². The highest BCUT2D eigenvalue weighted by molar-refractivity contribution is 7.89. The second kappa shape index (κ2) is 6.52. The summed E-state index contributed by atoms with van der Waals surface area (Å²) >= 11 is 5.86. The van der Waals surface area contributed by atoms with Crippen molar-refractivity contribution in [2.45, 2.75) is 24.7 Å². The average molecular weight is 333 g/mol. The molecule has 0 spiro atoms. The van der Waals surface area contributed by atoms with Crippen LogP contribution in [0.3, 0.4) is 0 Å². The van der Waals surface area contributed by atoms with Crippen LogP contribution in [-0.4, -0.2) is 35.2 Å². The number of methoxy groups -OCH3 is 1. The Morgan fingerprint density at radius 1 is 1.38 bits per heavy atom. The van der Waals surface area contributed by atoms with Gasteiger partial charge in [0.25, 0.3) is 0 Å². The van der Waals surface area contributed by atoms with Crippen molar-refractivity contribution < 1.29 is 13.2 Å². The highest BCUT2D eigenvalue weighted by Gasteiger charge is 2.29. The normalized spacial score (nSPS) is 18.4. The molecule has 0 radical (unpaired) electrons. The lowest BCUT2D eigenvalue weighted by Crippen LogP contribution is -2.42. The average Bonchev–Trinajstić information content (AvgIpc) is 2.46. The van der Waals surface area contributed by atoms with Gasteiger partial charge >= 0.3 is 0 Å². The predicted molar refractivity (Wildman–Crippen MR) is 83.4 cm³/mol. The topological polar surface area (TPSA) is 67.4 Å². The van der Waals surface area contributed by atoms with Crippen LogP contribution in [0.25, 0.3) is 0 Å². The lowest BCUT2D eigenvalue weighted by Gasteiger charge is -2.34. The molecule has 2 rings (SSSR count). The second-order valence-electron chi connectivity index (χ2n) is 5.68. The smallest absolute Gasteiger partial charge is 0.244 e. The molecule has 1 aromatic carbocycles. The maximum Gasteiger partial charge on any atom is 0.244 e. The lowest BCUT2D eigenvalue weighted by molar-refractivity contribution is 0.232. The Labute approximate surface area is 131 Å². The van der Waals surface area contributed by atoms with Gasteiger partial charge < -0.3 is 10.1 Å². The van der Waals surface area contributed by atoms with Gasteiger partial charge in [-0.25, -0.2) is 13.1 Å². The molecule has 0 bridgehead atoms. The van der Waals surface area contributed by atoms with Crippen molar-refractivity contribution in [1.29, 1.82) is 0 Å². The lowest BCUT2D eigenvalue weighted by atomic mass is 9.81. The molecule has 1 aliphatic rings. The summed E-state index contributed by atoms with van der Waals surface area (Å²) in [7, 11) is -2.18. The molecule has 7 heteroatoms. The van der Waals surface area contributed by atoms with E-state index in [-0.39, 0.29) is 16.1 Å². The molecule has 0 saturated carbocycles. The Bertz CT molecular complexity index is 598. The number of sulfonamides is 1. The highest BCUT2D eigenvalue weighted by Crippen LogP contribution is 2.30. The Hall–Kier alpha value is -0.820. The third-order valence-electron chi connectivity index (χ3n) is 3.91. The summed E-state index contributed by atoms with van der Waals surface area (Å²) < 4.78 is 32.7. The molecule has 118 valence electrons. The summed E-state index contributed by atoms with van der Waals surface area (Å²) in [5.74, 6) is 0.255. The Balaban J connectivity index is 2.15. The van der Waals surface area contributed by atoms with Gasteiger partial charge in [-0.2, -0.15) is 0 Å². The van der Waals surface area contributed by atoms with Gasteiger partial charge in [0.1, 0.15) is 10.6 Å². The fraction of sp³-hybridized carbons (Fsp3) is 0.571. The van der Waals surface area contributed by atoms with E-state index < -0.39 is 10.0 Å². The van der Waals surface area contributed by atoms with E-state index in [2.05, 4.69) is 17.0 Å². The van der Waals surface area contributed by atoms with Crippen molar-refractivity contribution in [3.63, 3.8) is 0 Å². The zero-order chi connectivity index (χ0) is 15.5. The zero-order valence-corrected chi connectivity index (χ0v) is 13.9. The molecule has 1 saturated heterocycles. The third-order valence-corrected chi connectivity index (χ3v) is 5.59. The van der Waals surface area contributed by atoms with Crippen molar-refractivity contribution in [1.82, 2.24) is 10.0 Å². The van der Waals surface area contributed by atoms with Crippen LogP contribution in [0.15, 0.2) is 23.1 Å². The number of ether oxygens (including phenoxy) is 1. The fourth-order valence-corrected chi connectivity index (χ4v) is 3.93. The van der Waals surface area contributed by atoms with Crippen LogP contribution in [0.1, 0.15) is 19.8 Å². The van der Waals surface area contributed by atoms with Crippen molar-refractivity contribution in [3.8, 4) is 5.75 Å². The number of halogens is 1. The minimum atomic E-state index is -3.61. The van der Waals surface area contributed by atoms with Crippen LogP contribution in [0, 0.1) is 5.41 Å². The number of rotatable bonds is 5. The fourth-order valence-electron chi connectivity index (χ4n) is 2.42. The first-order valence-electron chi connectivity index (χ1n) is 6.90. The van der Waals surface area contributed by atoms with E-state index in [9.17, 15) is 8.42 Å². The molecular formula is C14H21ClN2O3S. The van der Waals surface area contributed by atoms with Crippen LogP contribution >= 0.6 is 11.6 Å². The summed E-state index contributed by atoms with van der Waals surface area (Å²) in [5, 5.41) is 3.72. The van der Waals surface area contributed by atoms with E-state index >= 15 is 0 Å². The Morgan fingerprint density at radius 2 is 2.05 bits per heavy atom. The molecule has 0 aliphatic carbocycles. The third kappa shape index (κ3) is 4.10. The van der Waals surface area contributed by atoms with E-state index in [4.69, 9.17) is 16.3 Å². The SMILES string of the molecule is COc1cc(Cl)ccc1S(=O)(=O)NCC1(C)CCNCC1. The van der Waals surface area contributed by atoms with Gasteiger partial charge in [-0.15, -0.1) is 0 Å². The number of benzene rings is 1. The quantitative estimate of drug-likeness (QED) is 0.865. The minimum absolute atomic E-state index is 0.0159. The summed E-state index contributed by atoms with van der Waals surface area (Å²) in [4.78, 5) is 0.118.